The second kappa shape index (κ2) is 9.71. The normalized spacial score (nSPS) is 14.7. The van der Waals surface area contributed by atoms with Gasteiger partial charge in [-0.1, -0.05) is 18.2 Å². The van der Waals surface area contributed by atoms with Crippen LogP contribution in [0.15, 0.2) is 53.7 Å². The predicted octanol–water partition coefficient (Wildman–Crippen LogP) is 4.99. The van der Waals surface area contributed by atoms with Gasteiger partial charge in [0.05, 0.1) is 16.9 Å². The van der Waals surface area contributed by atoms with Crippen LogP contribution in [-0.4, -0.2) is 41.9 Å². The molecule has 0 radical (unpaired) electrons. The molecule has 7 nitrogen and oxygen atoms in total. The Labute approximate surface area is 202 Å². The minimum absolute atomic E-state index is 0.000442. The first-order chi connectivity index (χ1) is 16.5. The van der Waals surface area contributed by atoms with Gasteiger partial charge in [-0.3, -0.25) is 9.35 Å². The molecule has 10 heteroatoms. The van der Waals surface area contributed by atoms with Gasteiger partial charge < -0.3 is 10.2 Å². The lowest BCUT2D eigenvalue weighted by Gasteiger charge is -2.33. The van der Waals surface area contributed by atoms with E-state index in [1.54, 1.807) is 30.0 Å². The van der Waals surface area contributed by atoms with E-state index >= 15 is 0 Å². The van der Waals surface area contributed by atoms with Crippen molar-refractivity contribution in [3.63, 3.8) is 0 Å². The summed E-state index contributed by atoms with van der Waals surface area (Å²) in [5.41, 5.74) is 1.87. The van der Waals surface area contributed by atoms with Gasteiger partial charge >= 0.3 is 10.1 Å². The number of anilines is 2. The van der Waals surface area contributed by atoms with E-state index in [9.17, 15) is 26.5 Å². The number of rotatable bonds is 5. The number of aromatic nitrogens is 1. The number of likely N-dealkylation sites (tertiary alicyclic amines) is 1. The van der Waals surface area contributed by atoms with Crippen LogP contribution in [0.25, 0.3) is 0 Å². The summed E-state index contributed by atoms with van der Waals surface area (Å²) >= 11 is 0. The van der Waals surface area contributed by atoms with E-state index in [1.807, 2.05) is 0 Å². The Morgan fingerprint density at radius 3 is 2.34 bits per heavy atom. The number of benzene rings is 2. The van der Waals surface area contributed by atoms with Gasteiger partial charge in [0.2, 0.25) is 0 Å². The van der Waals surface area contributed by atoms with Crippen LogP contribution < -0.4 is 5.32 Å². The maximum Gasteiger partial charge on any atom is 0.312 e. The molecule has 4 rings (SSSR count). The zero-order valence-corrected chi connectivity index (χ0v) is 20.1. The summed E-state index contributed by atoms with van der Waals surface area (Å²) in [7, 11) is -4.67. The van der Waals surface area contributed by atoms with Gasteiger partial charge in [0.1, 0.15) is 11.6 Å². The smallest absolute Gasteiger partial charge is 0.312 e. The van der Waals surface area contributed by atoms with Crippen molar-refractivity contribution in [2.75, 3.05) is 18.4 Å². The summed E-state index contributed by atoms with van der Waals surface area (Å²) in [5, 5.41) is 2.22. The number of piperidine rings is 1. The summed E-state index contributed by atoms with van der Waals surface area (Å²) in [6.07, 6.45) is 2.42. The van der Waals surface area contributed by atoms with Crippen LogP contribution in [0.3, 0.4) is 0 Å². The zero-order valence-electron chi connectivity index (χ0n) is 19.3. The van der Waals surface area contributed by atoms with Crippen LogP contribution in [0.2, 0.25) is 0 Å². The molecular weight excluding hydrogens is 476 g/mol. The third kappa shape index (κ3) is 5.33. The maximum atomic E-state index is 14.6. The average molecular weight is 502 g/mol. The molecule has 1 aliphatic heterocycles. The number of carbonyl (C=O) groups is 1. The highest BCUT2D eigenvalue weighted by atomic mass is 32.2. The standard InChI is InChI=1S/C25H25F2N3O4S/c1-15-3-8-22(21(27)13-15)29-23-16(2)24(35(32,33)34)28-14-20(23)25(31)30-11-9-18(10-12-30)17-4-6-19(26)7-5-17/h3-8,13-14,18H,9-12H2,1-2H3,(H,28,29)(H,32,33,34). The predicted molar refractivity (Wildman–Crippen MR) is 127 cm³/mol. The molecule has 0 aliphatic carbocycles. The van der Waals surface area contributed by atoms with Crippen LogP contribution in [0.5, 0.6) is 0 Å². The van der Waals surface area contributed by atoms with Crippen molar-refractivity contribution in [3.05, 3.63) is 82.5 Å². The number of carbonyl (C=O) groups excluding carboxylic acids is 1. The van der Waals surface area contributed by atoms with Gasteiger partial charge in [0, 0.05) is 24.8 Å². The Kier molecular flexibility index (Phi) is 6.86. The van der Waals surface area contributed by atoms with Gasteiger partial charge in [-0.25, -0.2) is 13.8 Å². The first kappa shape index (κ1) is 24.7. The fourth-order valence-electron chi connectivity index (χ4n) is 4.35. The van der Waals surface area contributed by atoms with Crippen LogP contribution in [0.1, 0.15) is 45.8 Å². The lowest BCUT2D eigenvalue weighted by molar-refractivity contribution is 0.0713. The van der Waals surface area contributed by atoms with Crippen molar-refractivity contribution in [2.24, 2.45) is 0 Å². The molecule has 0 unspecified atom stereocenters. The van der Waals surface area contributed by atoms with Crippen LogP contribution >= 0.6 is 0 Å². The number of amides is 1. The number of aryl methyl sites for hydroxylation is 1. The molecule has 1 amide bonds. The van der Waals surface area contributed by atoms with Crippen LogP contribution in [0.4, 0.5) is 20.2 Å². The molecule has 1 aliphatic rings. The average Bonchev–Trinajstić information content (AvgIpc) is 2.81. The number of hydrogen-bond acceptors (Lipinski definition) is 5. The van der Waals surface area contributed by atoms with E-state index in [0.29, 0.717) is 31.5 Å². The van der Waals surface area contributed by atoms with Crippen molar-refractivity contribution < 1.29 is 26.5 Å². The molecule has 2 aromatic carbocycles. The third-order valence-corrected chi connectivity index (χ3v) is 7.16. The zero-order chi connectivity index (χ0) is 25.3. The maximum absolute atomic E-state index is 14.6. The molecule has 35 heavy (non-hydrogen) atoms. The van der Waals surface area contributed by atoms with Gasteiger partial charge in [-0.15, -0.1) is 0 Å². The fraction of sp³-hybridized carbons (Fsp3) is 0.280. The first-order valence-corrected chi connectivity index (χ1v) is 12.5. The van der Waals surface area contributed by atoms with Gasteiger partial charge in [-0.05, 0) is 68.0 Å². The lowest BCUT2D eigenvalue weighted by Crippen LogP contribution is -2.38. The quantitative estimate of drug-likeness (QED) is 0.478. The van der Waals surface area contributed by atoms with E-state index in [-0.39, 0.29) is 34.2 Å². The molecular formula is C25H25F2N3O4S. The van der Waals surface area contributed by atoms with E-state index in [1.165, 1.54) is 31.2 Å². The molecule has 1 saturated heterocycles. The second-order valence-corrected chi connectivity index (χ2v) is 10.0. The van der Waals surface area contributed by atoms with E-state index < -0.39 is 26.9 Å². The number of nitrogens with zero attached hydrogens (tertiary/aromatic N) is 2. The topological polar surface area (TPSA) is 99.6 Å². The van der Waals surface area contributed by atoms with Crippen molar-refractivity contribution in [3.8, 4) is 0 Å². The largest absolute Gasteiger partial charge is 0.352 e. The van der Waals surface area contributed by atoms with Crippen LogP contribution in [-0.2, 0) is 10.1 Å². The second-order valence-electron chi connectivity index (χ2n) is 8.68. The molecule has 3 aromatic rings. The van der Waals surface area contributed by atoms with E-state index in [2.05, 4.69) is 10.3 Å². The van der Waals surface area contributed by atoms with Crippen molar-refractivity contribution in [1.29, 1.82) is 0 Å². The highest BCUT2D eigenvalue weighted by Crippen LogP contribution is 2.33. The van der Waals surface area contributed by atoms with E-state index in [4.69, 9.17) is 0 Å². The van der Waals surface area contributed by atoms with Crippen molar-refractivity contribution in [1.82, 2.24) is 9.88 Å². The molecule has 2 N–H and O–H groups in total. The van der Waals surface area contributed by atoms with Crippen LogP contribution in [0, 0.1) is 25.5 Å². The molecule has 0 atom stereocenters. The minimum atomic E-state index is -4.67. The monoisotopic (exact) mass is 501 g/mol. The Balaban J connectivity index is 1.63. The molecule has 1 aromatic heterocycles. The first-order valence-electron chi connectivity index (χ1n) is 11.1. The summed E-state index contributed by atoms with van der Waals surface area (Å²) in [5.74, 6) is -1.09. The van der Waals surface area contributed by atoms with Gasteiger partial charge in [0.25, 0.3) is 5.91 Å². The fourth-order valence-corrected chi connectivity index (χ4v) is 5.03. The Morgan fingerprint density at radius 2 is 1.74 bits per heavy atom. The minimum Gasteiger partial charge on any atom is -0.352 e. The van der Waals surface area contributed by atoms with E-state index in [0.717, 1.165) is 11.8 Å². The van der Waals surface area contributed by atoms with Crippen molar-refractivity contribution in [2.45, 2.75) is 37.6 Å². The Hall–Kier alpha value is -3.37. The van der Waals surface area contributed by atoms with Gasteiger partial charge in [0.15, 0.2) is 5.03 Å². The SMILES string of the molecule is Cc1ccc(Nc2c(C(=O)N3CCC(c4ccc(F)cc4)CC3)cnc(S(=O)(=O)O)c2C)c(F)c1. The number of nitrogens with one attached hydrogen (secondary N) is 1. The summed E-state index contributed by atoms with van der Waals surface area (Å²) in [6.45, 7) is 3.98. The molecule has 184 valence electrons. The Bertz CT molecular complexity index is 1370. The Morgan fingerprint density at radius 1 is 1.09 bits per heavy atom. The molecule has 0 saturated carbocycles. The number of halogens is 2. The molecule has 0 bridgehead atoms. The summed E-state index contributed by atoms with van der Waals surface area (Å²) in [4.78, 5) is 18.9. The summed E-state index contributed by atoms with van der Waals surface area (Å²) < 4.78 is 61.0. The third-order valence-electron chi connectivity index (χ3n) is 6.26. The number of pyridine rings is 1. The number of hydrogen-bond donors (Lipinski definition) is 2. The summed E-state index contributed by atoms with van der Waals surface area (Å²) in [6, 6.07) is 10.8. The molecule has 0 spiro atoms. The highest BCUT2D eigenvalue weighted by molar-refractivity contribution is 7.85. The molecule has 2 heterocycles. The lowest BCUT2D eigenvalue weighted by atomic mass is 9.89. The highest BCUT2D eigenvalue weighted by Gasteiger charge is 2.29. The van der Waals surface area contributed by atoms with Gasteiger partial charge in [-0.2, -0.15) is 8.42 Å². The van der Waals surface area contributed by atoms with Crippen molar-refractivity contribution >= 4 is 27.4 Å². The molecule has 1 fully saturated rings.